The van der Waals surface area contributed by atoms with E-state index in [-0.39, 0.29) is 6.10 Å². The number of rotatable bonds is 8. The minimum Gasteiger partial charge on any atom is -0.491 e. The van der Waals surface area contributed by atoms with E-state index in [2.05, 4.69) is 38.0 Å². The topological polar surface area (TPSA) is 83.2 Å². The maximum absolute atomic E-state index is 10.5. The SMILES string of the molecule is CCNC(=NCc1cn2c(C)cccc2n1)NCC(O)c1ccc(OC(C)C)cc1. The van der Waals surface area contributed by atoms with Crippen LogP contribution in [0, 0.1) is 6.92 Å². The van der Waals surface area contributed by atoms with Gasteiger partial charge in [-0.15, -0.1) is 0 Å². The molecule has 1 aromatic carbocycles. The fourth-order valence-electron chi connectivity index (χ4n) is 3.13. The van der Waals surface area contributed by atoms with Crippen molar-refractivity contribution in [2.75, 3.05) is 13.1 Å². The van der Waals surface area contributed by atoms with Gasteiger partial charge in [-0.05, 0) is 57.5 Å². The van der Waals surface area contributed by atoms with Gasteiger partial charge in [0.05, 0.1) is 24.4 Å². The Hall–Kier alpha value is -3.06. The number of aromatic nitrogens is 2. The molecule has 0 radical (unpaired) electrons. The van der Waals surface area contributed by atoms with Crippen molar-refractivity contribution in [1.29, 1.82) is 0 Å². The van der Waals surface area contributed by atoms with E-state index in [1.807, 2.05) is 63.4 Å². The van der Waals surface area contributed by atoms with Crippen LogP contribution in [0.1, 0.15) is 43.8 Å². The lowest BCUT2D eigenvalue weighted by molar-refractivity contribution is 0.180. The lowest BCUT2D eigenvalue weighted by Crippen LogP contribution is -2.39. The lowest BCUT2D eigenvalue weighted by atomic mass is 10.1. The number of aliphatic hydroxyl groups excluding tert-OH is 1. The van der Waals surface area contributed by atoms with Gasteiger partial charge in [-0.25, -0.2) is 9.98 Å². The van der Waals surface area contributed by atoms with Crippen LogP contribution in [0.5, 0.6) is 5.75 Å². The first kappa shape index (κ1) is 21.6. The zero-order chi connectivity index (χ0) is 21.5. The van der Waals surface area contributed by atoms with Crippen LogP contribution < -0.4 is 15.4 Å². The van der Waals surface area contributed by atoms with Crippen LogP contribution in [0.3, 0.4) is 0 Å². The van der Waals surface area contributed by atoms with E-state index in [0.29, 0.717) is 19.0 Å². The highest BCUT2D eigenvalue weighted by Gasteiger charge is 2.10. The molecular weight excluding hydrogens is 378 g/mol. The number of ether oxygens (including phenoxy) is 1. The average molecular weight is 410 g/mol. The molecule has 2 heterocycles. The zero-order valence-corrected chi connectivity index (χ0v) is 18.1. The number of guanidine groups is 1. The second-order valence-electron chi connectivity index (χ2n) is 7.46. The van der Waals surface area contributed by atoms with Gasteiger partial charge in [-0.2, -0.15) is 0 Å². The number of aliphatic hydroxyl groups is 1. The standard InChI is InChI=1S/C23H31N5O2/c1-5-24-23(25-13-19-15-28-17(4)7-6-8-22(28)27-19)26-14-21(29)18-9-11-20(12-10-18)30-16(2)3/h6-12,15-16,21,29H,5,13-14H2,1-4H3,(H2,24,25,26). The van der Waals surface area contributed by atoms with Gasteiger partial charge < -0.3 is 24.9 Å². The molecule has 0 amide bonds. The second-order valence-corrected chi connectivity index (χ2v) is 7.46. The van der Waals surface area contributed by atoms with Crippen molar-refractivity contribution in [2.24, 2.45) is 4.99 Å². The third-order valence-electron chi connectivity index (χ3n) is 4.59. The van der Waals surface area contributed by atoms with Gasteiger partial charge in [-0.3, -0.25) is 0 Å². The summed E-state index contributed by atoms with van der Waals surface area (Å²) in [7, 11) is 0. The summed E-state index contributed by atoms with van der Waals surface area (Å²) < 4.78 is 7.71. The van der Waals surface area contributed by atoms with E-state index >= 15 is 0 Å². The molecule has 1 atom stereocenters. The molecule has 0 saturated heterocycles. The Morgan fingerprint density at radius 2 is 1.93 bits per heavy atom. The maximum Gasteiger partial charge on any atom is 0.191 e. The molecule has 0 spiro atoms. The summed E-state index contributed by atoms with van der Waals surface area (Å²) in [5.74, 6) is 1.44. The van der Waals surface area contributed by atoms with Gasteiger partial charge in [0.25, 0.3) is 0 Å². The number of aliphatic imine (C=N–C) groups is 1. The van der Waals surface area contributed by atoms with Crippen LogP contribution in [0.25, 0.3) is 5.65 Å². The van der Waals surface area contributed by atoms with Crippen molar-refractivity contribution in [3.8, 4) is 5.75 Å². The van der Waals surface area contributed by atoms with Crippen LogP contribution in [0.15, 0.2) is 53.7 Å². The number of fused-ring (bicyclic) bond motifs is 1. The Kier molecular flexibility index (Phi) is 7.30. The second kappa shape index (κ2) is 10.1. The molecule has 160 valence electrons. The summed E-state index contributed by atoms with van der Waals surface area (Å²) in [6, 6.07) is 13.6. The molecule has 7 heteroatoms. The first-order valence-electron chi connectivity index (χ1n) is 10.4. The first-order chi connectivity index (χ1) is 14.5. The molecule has 30 heavy (non-hydrogen) atoms. The summed E-state index contributed by atoms with van der Waals surface area (Å²) in [5, 5.41) is 16.9. The average Bonchev–Trinajstić information content (AvgIpc) is 3.14. The Bertz CT molecular complexity index is 979. The largest absolute Gasteiger partial charge is 0.491 e. The van der Waals surface area contributed by atoms with Crippen molar-refractivity contribution < 1.29 is 9.84 Å². The normalized spacial score (nSPS) is 12.9. The van der Waals surface area contributed by atoms with Gasteiger partial charge in [0.2, 0.25) is 0 Å². The predicted molar refractivity (Wildman–Crippen MR) is 120 cm³/mol. The summed E-state index contributed by atoms with van der Waals surface area (Å²) >= 11 is 0. The highest BCUT2D eigenvalue weighted by Crippen LogP contribution is 2.18. The summed E-state index contributed by atoms with van der Waals surface area (Å²) in [5.41, 5.74) is 3.76. The maximum atomic E-state index is 10.5. The zero-order valence-electron chi connectivity index (χ0n) is 18.1. The van der Waals surface area contributed by atoms with E-state index in [4.69, 9.17) is 4.74 Å². The van der Waals surface area contributed by atoms with Crippen LogP contribution in [0.2, 0.25) is 0 Å². The molecule has 0 aliphatic rings. The number of imidazole rings is 1. The fourth-order valence-corrected chi connectivity index (χ4v) is 3.13. The minimum absolute atomic E-state index is 0.123. The van der Waals surface area contributed by atoms with Gasteiger partial charge in [0, 0.05) is 25.0 Å². The molecule has 3 N–H and O–H groups in total. The van der Waals surface area contributed by atoms with E-state index in [1.54, 1.807) is 0 Å². The molecule has 2 aromatic heterocycles. The molecule has 0 aliphatic carbocycles. The molecule has 3 aromatic rings. The lowest BCUT2D eigenvalue weighted by Gasteiger charge is -2.16. The monoisotopic (exact) mass is 409 g/mol. The van der Waals surface area contributed by atoms with Gasteiger partial charge in [-0.1, -0.05) is 18.2 Å². The molecule has 0 aliphatic heterocycles. The number of hydrogen-bond acceptors (Lipinski definition) is 4. The van der Waals surface area contributed by atoms with Crippen molar-refractivity contribution >= 4 is 11.6 Å². The number of pyridine rings is 1. The van der Waals surface area contributed by atoms with Crippen LogP contribution >= 0.6 is 0 Å². The molecule has 0 saturated carbocycles. The van der Waals surface area contributed by atoms with Crippen LogP contribution in [0.4, 0.5) is 0 Å². The highest BCUT2D eigenvalue weighted by molar-refractivity contribution is 5.79. The molecule has 0 fully saturated rings. The van der Waals surface area contributed by atoms with Crippen molar-refractivity contribution in [3.63, 3.8) is 0 Å². The Labute approximate surface area is 177 Å². The van der Waals surface area contributed by atoms with E-state index in [0.717, 1.165) is 34.9 Å². The molecule has 3 rings (SSSR count). The molecule has 7 nitrogen and oxygen atoms in total. The van der Waals surface area contributed by atoms with E-state index in [1.165, 1.54) is 0 Å². The van der Waals surface area contributed by atoms with Gasteiger partial charge >= 0.3 is 0 Å². The Balaban J connectivity index is 1.60. The van der Waals surface area contributed by atoms with Crippen LogP contribution in [-0.2, 0) is 6.54 Å². The van der Waals surface area contributed by atoms with Gasteiger partial charge in [0.1, 0.15) is 11.4 Å². The predicted octanol–water partition coefficient (Wildman–Crippen LogP) is 3.22. The smallest absolute Gasteiger partial charge is 0.191 e. The van der Waals surface area contributed by atoms with E-state index < -0.39 is 6.10 Å². The number of hydrogen-bond donors (Lipinski definition) is 3. The Morgan fingerprint density at radius 1 is 1.17 bits per heavy atom. The number of aryl methyl sites for hydroxylation is 1. The molecule has 0 bridgehead atoms. The highest BCUT2D eigenvalue weighted by atomic mass is 16.5. The summed E-state index contributed by atoms with van der Waals surface area (Å²) in [6.07, 6.45) is 1.48. The molecular formula is C23H31N5O2. The van der Waals surface area contributed by atoms with E-state index in [9.17, 15) is 5.11 Å². The fraction of sp³-hybridized carbons (Fsp3) is 0.391. The first-order valence-corrected chi connectivity index (χ1v) is 10.4. The van der Waals surface area contributed by atoms with Crippen molar-refractivity contribution in [3.05, 3.63) is 65.6 Å². The summed E-state index contributed by atoms with van der Waals surface area (Å²) in [6.45, 7) is 9.57. The van der Waals surface area contributed by atoms with Crippen molar-refractivity contribution in [1.82, 2.24) is 20.0 Å². The minimum atomic E-state index is -0.653. The number of nitrogens with zero attached hydrogens (tertiary/aromatic N) is 3. The number of benzene rings is 1. The third kappa shape index (κ3) is 5.73. The van der Waals surface area contributed by atoms with Crippen LogP contribution in [-0.4, -0.2) is 39.6 Å². The molecule has 1 unspecified atom stereocenters. The van der Waals surface area contributed by atoms with Crippen molar-refractivity contribution in [2.45, 2.75) is 46.4 Å². The number of nitrogens with one attached hydrogen (secondary N) is 2. The quantitative estimate of drug-likeness (QED) is 0.393. The summed E-state index contributed by atoms with van der Waals surface area (Å²) in [4.78, 5) is 9.22. The third-order valence-corrected chi connectivity index (χ3v) is 4.59. The Morgan fingerprint density at radius 3 is 2.60 bits per heavy atom. The van der Waals surface area contributed by atoms with Gasteiger partial charge in [0.15, 0.2) is 5.96 Å².